The van der Waals surface area contributed by atoms with Crippen molar-refractivity contribution in [2.45, 2.75) is 26.6 Å². The Morgan fingerprint density at radius 2 is 1.82 bits per heavy atom. The molecule has 96 valence electrons. The highest BCUT2D eigenvalue weighted by atomic mass is 28.4. The van der Waals surface area contributed by atoms with Crippen LogP contribution >= 0.6 is 0 Å². The maximum absolute atomic E-state index is 9.75. The van der Waals surface area contributed by atoms with E-state index >= 15 is 0 Å². The van der Waals surface area contributed by atoms with E-state index in [-0.39, 0.29) is 0 Å². The second kappa shape index (κ2) is 10.9. The molecule has 0 saturated carbocycles. The zero-order valence-electron chi connectivity index (χ0n) is 11.0. The minimum atomic E-state index is -1.33. The van der Waals surface area contributed by atoms with E-state index in [2.05, 4.69) is 26.2 Å². The third kappa shape index (κ3) is 25.1. The Morgan fingerprint density at radius 1 is 1.24 bits per heavy atom. The van der Waals surface area contributed by atoms with E-state index in [0.717, 1.165) is 6.08 Å². The predicted molar refractivity (Wildman–Crippen MR) is 75.4 cm³/mol. The van der Waals surface area contributed by atoms with Crippen LogP contribution in [0.5, 0.6) is 0 Å². The number of hydrogen-bond acceptors (Lipinski definition) is 2. The van der Waals surface area contributed by atoms with Gasteiger partial charge in [-0.25, -0.2) is 4.79 Å². The van der Waals surface area contributed by atoms with Gasteiger partial charge in [0.15, 0.2) is 0 Å². The smallest absolute Gasteiger partial charge is 0.328 e. The molecule has 0 radical (unpaired) electrons. The first-order chi connectivity index (χ1) is 7.83. The van der Waals surface area contributed by atoms with Crippen LogP contribution in [0.4, 0.5) is 0 Å². The summed E-state index contributed by atoms with van der Waals surface area (Å²) in [6, 6.07) is 0. The number of rotatable bonds is 5. The lowest BCUT2D eigenvalue weighted by molar-refractivity contribution is -0.131. The van der Waals surface area contributed by atoms with E-state index in [1.807, 2.05) is 6.92 Å². The number of carboxylic acid groups (broad SMARTS) is 1. The molecule has 17 heavy (non-hydrogen) atoms. The molecule has 0 aliphatic heterocycles. The summed E-state index contributed by atoms with van der Waals surface area (Å²) in [4.78, 5) is 9.75. The summed E-state index contributed by atoms with van der Waals surface area (Å²) in [5.74, 6) is -0.914. The molecule has 0 heterocycles. The van der Waals surface area contributed by atoms with Gasteiger partial charge >= 0.3 is 5.97 Å². The van der Waals surface area contributed by atoms with Crippen molar-refractivity contribution in [2.75, 3.05) is 0 Å². The molecular weight excluding hydrogens is 232 g/mol. The standard InChI is InChI=1S/C7H14OSi.C6H8O2/c1-5-6-7-8-9(2,3)4;1-2-3-4-5-6(7)8/h5-7H,1H2,2-4H3;2-5H,1H3,(H,7,8). The Labute approximate surface area is 105 Å². The largest absolute Gasteiger partial charge is 0.550 e. The number of hydrogen-bond donors (Lipinski definition) is 1. The molecular formula is C13H22O3Si. The summed E-state index contributed by atoms with van der Waals surface area (Å²) in [6.45, 7) is 11.8. The molecule has 0 rings (SSSR count). The maximum atomic E-state index is 9.75. The van der Waals surface area contributed by atoms with Gasteiger partial charge in [0.05, 0.1) is 6.26 Å². The van der Waals surface area contributed by atoms with Crippen LogP contribution in [0.15, 0.2) is 49.3 Å². The summed E-state index contributed by atoms with van der Waals surface area (Å²) < 4.78 is 5.36. The Hall–Kier alpha value is -1.55. The number of allylic oxidation sites excluding steroid dienone is 5. The maximum Gasteiger partial charge on any atom is 0.328 e. The fraction of sp³-hybridized carbons (Fsp3) is 0.308. The van der Waals surface area contributed by atoms with E-state index in [1.54, 1.807) is 30.6 Å². The average molecular weight is 254 g/mol. The molecule has 0 saturated heterocycles. The molecule has 0 aromatic rings. The fourth-order valence-corrected chi connectivity index (χ4v) is 1.03. The van der Waals surface area contributed by atoms with E-state index in [1.165, 1.54) is 6.08 Å². The van der Waals surface area contributed by atoms with Crippen molar-refractivity contribution in [3.8, 4) is 0 Å². The quantitative estimate of drug-likeness (QED) is 0.352. The zero-order valence-corrected chi connectivity index (χ0v) is 12.0. The van der Waals surface area contributed by atoms with Crippen LogP contribution in [0.2, 0.25) is 19.6 Å². The third-order valence-corrected chi connectivity index (χ3v) is 2.02. The molecule has 0 bridgehead atoms. The van der Waals surface area contributed by atoms with Crippen molar-refractivity contribution in [3.05, 3.63) is 49.3 Å². The van der Waals surface area contributed by atoms with Crippen molar-refractivity contribution >= 4 is 14.3 Å². The van der Waals surface area contributed by atoms with Gasteiger partial charge in [-0.1, -0.05) is 30.9 Å². The fourth-order valence-electron chi connectivity index (χ4n) is 0.548. The molecule has 3 nitrogen and oxygen atoms in total. The number of carboxylic acids is 1. The molecule has 0 atom stereocenters. The second-order valence-electron chi connectivity index (χ2n) is 4.02. The summed E-state index contributed by atoms with van der Waals surface area (Å²) >= 11 is 0. The van der Waals surface area contributed by atoms with Gasteiger partial charge in [0.2, 0.25) is 8.32 Å². The van der Waals surface area contributed by atoms with Gasteiger partial charge in [0, 0.05) is 6.08 Å². The second-order valence-corrected chi connectivity index (χ2v) is 8.48. The van der Waals surface area contributed by atoms with E-state index in [0.29, 0.717) is 0 Å². The molecule has 0 amide bonds. The summed E-state index contributed by atoms with van der Waals surface area (Å²) in [5, 5.41) is 8.02. The Kier molecular flexibility index (Phi) is 11.5. The van der Waals surface area contributed by atoms with E-state index in [4.69, 9.17) is 9.53 Å². The number of carbonyl (C=O) groups is 1. The van der Waals surface area contributed by atoms with Gasteiger partial charge in [0.1, 0.15) is 0 Å². The molecule has 0 aromatic carbocycles. The first kappa shape index (κ1) is 17.8. The predicted octanol–water partition coefficient (Wildman–Crippen LogP) is 3.74. The first-order valence-electron chi connectivity index (χ1n) is 5.31. The summed E-state index contributed by atoms with van der Waals surface area (Å²) in [6.07, 6.45) is 11.2. The molecule has 0 aliphatic rings. The van der Waals surface area contributed by atoms with Gasteiger partial charge in [-0.2, -0.15) is 0 Å². The molecule has 0 aliphatic carbocycles. The van der Waals surface area contributed by atoms with Crippen LogP contribution in [0.1, 0.15) is 6.92 Å². The van der Waals surface area contributed by atoms with Crippen molar-refractivity contribution in [2.24, 2.45) is 0 Å². The van der Waals surface area contributed by atoms with Crippen LogP contribution in [-0.4, -0.2) is 19.4 Å². The minimum absolute atomic E-state index is 0.914. The van der Waals surface area contributed by atoms with Gasteiger partial charge < -0.3 is 9.53 Å². The molecule has 0 unspecified atom stereocenters. The Bertz CT molecular complexity index is 296. The van der Waals surface area contributed by atoms with Gasteiger partial charge in [-0.05, 0) is 32.6 Å². The lowest BCUT2D eigenvalue weighted by atomic mass is 10.4. The summed E-state index contributed by atoms with van der Waals surface area (Å²) in [7, 11) is -1.33. The minimum Gasteiger partial charge on any atom is -0.550 e. The van der Waals surface area contributed by atoms with Gasteiger partial charge in [0.25, 0.3) is 0 Å². The van der Waals surface area contributed by atoms with E-state index < -0.39 is 14.3 Å². The molecule has 4 heteroatoms. The lowest BCUT2D eigenvalue weighted by Crippen LogP contribution is -2.21. The van der Waals surface area contributed by atoms with Crippen LogP contribution < -0.4 is 0 Å². The van der Waals surface area contributed by atoms with Gasteiger partial charge in [-0.15, -0.1) is 0 Å². The van der Waals surface area contributed by atoms with Crippen molar-refractivity contribution in [1.82, 2.24) is 0 Å². The van der Waals surface area contributed by atoms with Crippen LogP contribution in [0, 0.1) is 0 Å². The van der Waals surface area contributed by atoms with Gasteiger partial charge in [-0.3, -0.25) is 0 Å². The summed E-state index contributed by atoms with van der Waals surface area (Å²) in [5.41, 5.74) is 0. The monoisotopic (exact) mass is 254 g/mol. The molecule has 0 fully saturated rings. The Morgan fingerprint density at radius 3 is 2.18 bits per heavy atom. The van der Waals surface area contributed by atoms with Crippen molar-refractivity contribution < 1.29 is 14.3 Å². The zero-order chi connectivity index (χ0) is 13.7. The lowest BCUT2D eigenvalue weighted by Gasteiger charge is -2.13. The SMILES string of the molecule is C=CC=CO[Si](C)(C)C.CC=CC=CC(=O)O. The van der Waals surface area contributed by atoms with Crippen LogP contribution in [0.25, 0.3) is 0 Å². The molecule has 1 N–H and O–H groups in total. The topological polar surface area (TPSA) is 46.5 Å². The highest BCUT2D eigenvalue weighted by Gasteiger charge is 2.12. The van der Waals surface area contributed by atoms with Crippen molar-refractivity contribution in [1.29, 1.82) is 0 Å². The molecule has 0 aromatic heterocycles. The van der Waals surface area contributed by atoms with Crippen LogP contribution in [-0.2, 0) is 9.22 Å². The average Bonchev–Trinajstić information content (AvgIpc) is 2.17. The Balaban J connectivity index is 0. The highest BCUT2D eigenvalue weighted by Crippen LogP contribution is 2.01. The molecule has 0 spiro atoms. The van der Waals surface area contributed by atoms with E-state index in [9.17, 15) is 4.79 Å². The number of aliphatic carboxylic acids is 1. The van der Waals surface area contributed by atoms with Crippen LogP contribution in [0.3, 0.4) is 0 Å². The highest BCUT2D eigenvalue weighted by molar-refractivity contribution is 6.69. The third-order valence-electron chi connectivity index (χ3n) is 1.18. The normalized spacial score (nSPS) is 11.5. The first-order valence-corrected chi connectivity index (χ1v) is 8.72. The van der Waals surface area contributed by atoms with Crippen molar-refractivity contribution in [3.63, 3.8) is 0 Å².